The molecule has 4 nitrogen and oxygen atoms in total. The van der Waals surface area contributed by atoms with Crippen molar-refractivity contribution in [3.05, 3.63) is 89.2 Å². The van der Waals surface area contributed by atoms with Crippen molar-refractivity contribution in [2.45, 2.75) is 31.4 Å². The summed E-state index contributed by atoms with van der Waals surface area (Å²) in [6.07, 6.45) is 0. The van der Waals surface area contributed by atoms with Gasteiger partial charge in [-0.25, -0.2) is 9.97 Å². The number of hydrogen-bond acceptors (Lipinski definition) is 4. The number of para-hydroxylation sites is 4. The van der Waals surface area contributed by atoms with E-state index in [1.165, 1.54) is 16.7 Å². The first kappa shape index (κ1) is 18.0. The first-order valence-electron chi connectivity index (χ1n) is 9.66. The Kier molecular flexibility index (Phi) is 4.60. The molecule has 0 saturated heterocycles. The molecule has 0 N–H and O–H groups in total. The molecule has 0 radical (unpaired) electrons. The van der Waals surface area contributed by atoms with Crippen molar-refractivity contribution in [2.24, 2.45) is 0 Å². The van der Waals surface area contributed by atoms with Crippen LogP contribution in [-0.2, 0) is 12.3 Å². The SMILES string of the molecule is Cc1ccc(C)c(Cn2c(CSc3nc4ccccc4o3)nc3ccccc32)c1. The Hall–Kier alpha value is -3.05. The number of aryl methyl sites for hydroxylation is 2. The van der Waals surface area contributed by atoms with Gasteiger partial charge in [0.1, 0.15) is 11.3 Å². The van der Waals surface area contributed by atoms with Gasteiger partial charge in [-0.3, -0.25) is 0 Å². The molecule has 0 atom stereocenters. The Labute approximate surface area is 173 Å². The van der Waals surface area contributed by atoms with Crippen LogP contribution in [0.5, 0.6) is 0 Å². The molecule has 144 valence electrons. The molecule has 5 rings (SSSR count). The van der Waals surface area contributed by atoms with Gasteiger partial charge in [-0.15, -0.1) is 0 Å². The lowest BCUT2D eigenvalue weighted by molar-refractivity contribution is 0.489. The summed E-state index contributed by atoms with van der Waals surface area (Å²) in [6, 6.07) is 22.8. The number of rotatable bonds is 5. The van der Waals surface area contributed by atoms with E-state index in [1.807, 2.05) is 30.3 Å². The van der Waals surface area contributed by atoms with E-state index >= 15 is 0 Å². The van der Waals surface area contributed by atoms with E-state index in [9.17, 15) is 0 Å². The van der Waals surface area contributed by atoms with E-state index in [-0.39, 0.29) is 0 Å². The van der Waals surface area contributed by atoms with Crippen molar-refractivity contribution in [1.29, 1.82) is 0 Å². The van der Waals surface area contributed by atoms with E-state index in [1.54, 1.807) is 11.8 Å². The van der Waals surface area contributed by atoms with Crippen molar-refractivity contribution in [1.82, 2.24) is 14.5 Å². The summed E-state index contributed by atoms with van der Waals surface area (Å²) in [5.41, 5.74) is 7.77. The molecule has 0 amide bonds. The smallest absolute Gasteiger partial charge is 0.257 e. The van der Waals surface area contributed by atoms with Gasteiger partial charge in [0, 0.05) is 6.54 Å². The van der Waals surface area contributed by atoms with Crippen LogP contribution in [0.15, 0.2) is 76.4 Å². The summed E-state index contributed by atoms with van der Waals surface area (Å²) < 4.78 is 8.18. The highest BCUT2D eigenvalue weighted by Crippen LogP contribution is 2.28. The summed E-state index contributed by atoms with van der Waals surface area (Å²) in [6.45, 7) is 5.11. The van der Waals surface area contributed by atoms with Crippen molar-refractivity contribution in [3.8, 4) is 0 Å². The fourth-order valence-electron chi connectivity index (χ4n) is 3.59. The minimum Gasteiger partial charge on any atom is -0.431 e. The Morgan fingerprint density at radius 1 is 0.897 bits per heavy atom. The predicted octanol–water partition coefficient (Wildman–Crippen LogP) is 6.13. The number of hydrogen-bond donors (Lipinski definition) is 0. The number of fused-ring (bicyclic) bond motifs is 2. The second-order valence-electron chi connectivity index (χ2n) is 7.27. The van der Waals surface area contributed by atoms with Crippen LogP contribution in [0.1, 0.15) is 22.5 Å². The molecule has 5 aromatic rings. The van der Waals surface area contributed by atoms with E-state index in [0.717, 1.165) is 34.5 Å². The minimum absolute atomic E-state index is 0.677. The third-order valence-electron chi connectivity index (χ3n) is 5.17. The molecule has 0 aliphatic rings. The number of oxazole rings is 1. The zero-order chi connectivity index (χ0) is 19.8. The Balaban J connectivity index is 1.49. The number of aromatic nitrogens is 3. The predicted molar refractivity (Wildman–Crippen MR) is 118 cm³/mol. The summed E-state index contributed by atoms with van der Waals surface area (Å²) in [4.78, 5) is 9.48. The molecular formula is C24H21N3OS. The van der Waals surface area contributed by atoms with Crippen molar-refractivity contribution in [2.75, 3.05) is 0 Å². The largest absolute Gasteiger partial charge is 0.431 e. The van der Waals surface area contributed by atoms with Gasteiger partial charge in [0.2, 0.25) is 0 Å². The molecule has 0 spiro atoms. The van der Waals surface area contributed by atoms with Gasteiger partial charge in [0.05, 0.1) is 16.8 Å². The molecular weight excluding hydrogens is 378 g/mol. The van der Waals surface area contributed by atoms with Crippen molar-refractivity contribution < 1.29 is 4.42 Å². The molecule has 2 aromatic heterocycles. The lowest BCUT2D eigenvalue weighted by Crippen LogP contribution is -2.06. The summed E-state index contributed by atoms with van der Waals surface area (Å²) in [7, 11) is 0. The van der Waals surface area contributed by atoms with Crippen LogP contribution >= 0.6 is 11.8 Å². The number of imidazole rings is 1. The zero-order valence-electron chi connectivity index (χ0n) is 16.4. The van der Waals surface area contributed by atoms with Crippen LogP contribution < -0.4 is 0 Å². The van der Waals surface area contributed by atoms with E-state index in [0.29, 0.717) is 11.0 Å². The summed E-state index contributed by atoms with van der Waals surface area (Å²) in [5, 5.41) is 0.677. The lowest BCUT2D eigenvalue weighted by atomic mass is 10.1. The van der Waals surface area contributed by atoms with Crippen molar-refractivity contribution in [3.63, 3.8) is 0 Å². The van der Waals surface area contributed by atoms with Crippen LogP contribution in [0, 0.1) is 13.8 Å². The number of thioether (sulfide) groups is 1. The highest BCUT2D eigenvalue weighted by molar-refractivity contribution is 7.98. The molecule has 0 fully saturated rings. The average Bonchev–Trinajstić information content (AvgIpc) is 3.30. The average molecular weight is 400 g/mol. The molecule has 0 unspecified atom stereocenters. The topological polar surface area (TPSA) is 43.9 Å². The maximum atomic E-state index is 5.87. The molecule has 2 heterocycles. The Morgan fingerprint density at radius 2 is 1.69 bits per heavy atom. The molecule has 0 aliphatic carbocycles. The molecule has 3 aromatic carbocycles. The minimum atomic E-state index is 0.677. The van der Waals surface area contributed by atoms with Crippen LogP contribution in [-0.4, -0.2) is 14.5 Å². The first-order chi connectivity index (χ1) is 14.2. The molecule has 0 saturated carbocycles. The second-order valence-corrected chi connectivity index (χ2v) is 8.20. The van der Waals surface area contributed by atoms with Crippen LogP contribution in [0.2, 0.25) is 0 Å². The third-order valence-corrected chi connectivity index (χ3v) is 5.99. The van der Waals surface area contributed by atoms with Gasteiger partial charge in [-0.1, -0.05) is 59.8 Å². The van der Waals surface area contributed by atoms with Gasteiger partial charge in [0.25, 0.3) is 5.22 Å². The second kappa shape index (κ2) is 7.41. The standard InChI is InChI=1S/C24H21N3OS/c1-16-11-12-17(2)18(13-16)14-27-21-9-5-3-7-19(21)25-23(27)15-29-24-26-20-8-4-6-10-22(20)28-24/h3-13H,14-15H2,1-2H3. The molecule has 5 heteroatoms. The molecule has 0 bridgehead atoms. The highest BCUT2D eigenvalue weighted by Gasteiger charge is 2.14. The normalized spacial score (nSPS) is 11.5. The molecule has 0 aliphatic heterocycles. The van der Waals surface area contributed by atoms with Crippen LogP contribution in [0.4, 0.5) is 0 Å². The highest BCUT2D eigenvalue weighted by atomic mass is 32.2. The van der Waals surface area contributed by atoms with Gasteiger partial charge < -0.3 is 8.98 Å². The lowest BCUT2D eigenvalue weighted by Gasteiger charge is -2.12. The maximum absolute atomic E-state index is 5.87. The quantitative estimate of drug-likeness (QED) is 0.333. The first-order valence-corrected chi connectivity index (χ1v) is 10.6. The van der Waals surface area contributed by atoms with E-state index in [4.69, 9.17) is 9.40 Å². The number of benzene rings is 3. The monoisotopic (exact) mass is 399 g/mol. The fraction of sp³-hybridized carbons (Fsp3) is 0.167. The maximum Gasteiger partial charge on any atom is 0.257 e. The summed E-state index contributed by atoms with van der Waals surface area (Å²) in [5.74, 6) is 1.73. The van der Waals surface area contributed by atoms with Crippen LogP contribution in [0.3, 0.4) is 0 Å². The number of nitrogens with zero attached hydrogens (tertiary/aromatic N) is 3. The summed E-state index contributed by atoms with van der Waals surface area (Å²) >= 11 is 1.59. The van der Waals surface area contributed by atoms with Gasteiger partial charge in [-0.2, -0.15) is 0 Å². The van der Waals surface area contributed by atoms with E-state index < -0.39 is 0 Å². The van der Waals surface area contributed by atoms with Gasteiger partial charge >= 0.3 is 0 Å². The van der Waals surface area contributed by atoms with Crippen molar-refractivity contribution >= 4 is 33.9 Å². The Morgan fingerprint density at radius 3 is 2.55 bits per heavy atom. The third kappa shape index (κ3) is 3.54. The van der Waals surface area contributed by atoms with Gasteiger partial charge in [0.15, 0.2) is 5.58 Å². The van der Waals surface area contributed by atoms with E-state index in [2.05, 4.69) is 59.8 Å². The fourth-order valence-corrected chi connectivity index (χ4v) is 4.38. The van der Waals surface area contributed by atoms with Crippen LogP contribution in [0.25, 0.3) is 22.1 Å². The molecule has 29 heavy (non-hydrogen) atoms. The van der Waals surface area contributed by atoms with Gasteiger partial charge in [-0.05, 0) is 49.2 Å². The Bertz CT molecular complexity index is 1290. The zero-order valence-corrected chi connectivity index (χ0v) is 17.2.